The summed E-state index contributed by atoms with van der Waals surface area (Å²) in [5.74, 6) is 0. The Bertz CT molecular complexity index is 1530. The number of piperazine rings is 1. The molecule has 3 heterocycles. The van der Waals surface area contributed by atoms with Crippen LogP contribution in [0.5, 0.6) is 0 Å². The molecular formula is C31H33ClN8O. The zero-order valence-corrected chi connectivity index (χ0v) is 23.6. The molecule has 0 saturated carbocycles. The van der Waals surface area contributed by atoms with Gasteiger partial charge in [0.25, 0.3) is 0 Å². The predicted molar refractivity (Wildman–Crippen MR) is 162 cm³/mol. The van der Waals surface area contributed by atoms with Crippen LogP contribution in [0.25, 0.3) is 5.57 Å². The van der Waals surface area contributed by atoms with Crippen LogP contribution in [0.3, 0.4) is 0 Å². The second-order valence-electron chi connectivity index (χ2n) is 10.1. The smallest absolute Gasteiger partial charge is 0.321 e. The standard InChI is InChI=1S/C19H19ClN4.C12H14N4O/c1-24-11-22-10-18(24)19(21)16-7-13-3-2-6-23-17(13)8-12-4-5-14(20)9-15(12)16;13-9-10-1-3-11(4-2-10)15-12(17)16-7-5-14-6-8-16/h2-7,9-11,17,19,23H,8,21H2,1H3;1-4,14H,5-8H2,(H,15,17). The van der Waals surface area contributed by atoms with Gasteiger partial charge in [-0.3, -0.25) is 0 Å². The summed E-state index contributed by atoms with van der Waals surface area (Å²) < 4.78 is 1.96. The molecule has 3 aromatic rings. The molecule has 2 unspecified atom stereocenters. The highest BCUT2D eigenvalue weighted by molar-refractivity contribution is 6.30. The van der Waals surface area contributed by atoms with Gasteiger partial charge in [-0.05, 0) is 77.4 Å². The van der Waals surface area contributed by atoms with E-state index in [1.807, 2.05) is 48.3 Å². The summed E-state index contributed by atoms with van der Waals surface area (Å²) in [6.45, 7) is 3.12. The fourth-order valence-electron chi connectivity index (χ4n) is 5.12. The summed E-state index contributed by atoms with van der Waals surface area (Å²) >= 11 is 6.28. The molecule has 1 fully saturated rings. The van der Waals surface area contributed by atoms with Crippen molar-refractivity contribution in [3.8, 4) is 6.07 Å². The van der Waals surface area contributed by atoms with Gasteiger partial charge in [0.1, 0.15) is 0 Å². The van der Waals surface area contributed by atoms with E-state index in [4.69, 9.17) is 22.6 Å². The fourth-order valence-corrected chi connectivity index (χ4v) is 5.30. The summed E-state index contributed by atoms with van der Waals surface area (Å²) in [6, 6.07) is 14.9. The Kier molecular flexibility index (Phi) is 8.85. The number of dihydropyridines is 1. The number of amides is 2. The van der Waals surface area contributed by atoms with E-state index in [0.717, 1.165) is 54.5 Å². The monoisotopic (exact) mass is 568 g/mol. The van der Waals surface area contributed by atoms with E-state index in [9.17, 15) is 4.79 Å². The Labute approximate surface area is 245 Å². The fraction of sp³-hybridized carbons (Fsp3) is 0.258. The number of carbonyl (C=O) groups excluding carboxylic acids is 1. The van der Waals surface area contributed by atoms with Crippen LogP contribution in [0.1, 0.15) is 28.4 Å². The van der Waals surface area contributed by atoms with Crippen molar-refractivity contribution in [1.82, 2.24) is 25.1 Å². The number of hydrogen-bond donors (Lipinski definition) is 4. The topological polar surface area (TPSA) is 124 Å². The van der Waals surface area contributed by atoms with E-state index >= 15 is 0 Å². The highest BCUT2D eigenvalue weighted by atomic mass is 35.5. The number of aryl methyl sites for hydroxylation is 1. The number of nitrogens with one attached hydrogen (secondary N) is 3. The molecule has 41 heavy (non-hydrogen) atoms. The van der Waals surface area contributed by atoms with Crippen molar-refractivity contribution in [2.24, 2.45) is 12.8 Å². The van der Waals surface area contributed by atoms with Crippen molar-refractivity contribution >= 4 is 28.9 Å². The first-order chi connectivity index (χ1) is 19.9. The normalized spacial score (nSPS) is 18.1. The van der Waals surface area contributed by atoms with Crippen LogP contribution in [0.2, 0.25) is 5.02 Å². The zero-order chi connectivity index (χ0) is 28.8. The number of fused-ring (bicyclic) bond motifs is 2. The number of benzene rings is 2. The van der Waals surface area contributed by atoms with E-state index in [1.54, 1.807) is 35.5 Å². The van der Waals surface area contributed by atoms with E-state index in [2.05, 4.69) is 39.2 Å². The number of nitrogens with two attached hydrogens (primary N) is 1. The lowest BCUT2D eigenvalue weighted by Crippen LogP contribution is -2.48. The lowest BCUT2D eigenvalue weighted by Gasteiger charge is -2.27. The van der Waals surface area contributed by atoms with Gasteiger partial charge in [-0.15, -0.1) is 0 Å². The van der Waals surface area contributed by atoms with Gasteiger partial charge < -0.3 is 31.2 Å². The Morgan fingerprint density at radius 3 is 2.71 bits per heavy atom. The number of nitrogens with zero attached hydrogens (tertiary/aromatic N) is 4. The van der Waals surface area contributed by atoms with Gasteiger partial charge in [-0.2, -0.15) is 5.26 Å². The highest BCUT2D eigenvalue weighted by Crippen LogP contribution is 2.37. The largest absolute Gasteiger partial charge is 0.384 e. The van der Waals surface area contributed by atoms with Crippen LogP contribution in [0, 0.1) is 11.3 Å². The molecule has 2 atom stereocenters. The minimum Gasteiger partial charge on any atom is -0.384 e. The predicted octanol–water partition coefficient (Wildman–Crippen LogP) is 4.12. The van der Waals surface area contributed by atoms with Gasteiger partial charge in [0, 0.05) is 43.9 Å². The Hall–Kier alpha value is -4.36. The van der Waals surface area contributed by atoms with E-state index in [-0.39, 0.29) is 18.1 Å². The summed E-state index contributed by atoms with van der Waals surface area (Å²) in [5, 5.41) is 18.8. The van der Waals surface area contributed by atoms with E-state index < -0.39 is 0 Å². The molecule has 0 radical (unpaired) electrons. The number of halogens is 1. The Morgan fingerprint density at radius 2 is 2.00 bits per heavy atom. The molecule has 0 spiro atoms. The van der Waals surface area contributed by atoms with Crippen molar-refractivity contribution in [3.05, 3.63) is 112 Å². The lowest BCUT2D eigenvalue weighted by atomic mass is 9.93. The van der Waals surface area contributed by atoms with Gasteiger partial charge >= 0.3 is 6.03 Å². The van der Waals surface area contributed by atoms with Crippen molar-refractivity contribution in [3.63, 3.8) is 0 Å². The first-order valence-corrected chi connectivity index (χ1v) is 13.9. The second-order valence-corrected chi connectivity index (χ2v) is 10.6. The van der Waals surface area contributed by atoms with Crippen LogP contribution in [0.4, 0.5) is 10.5 Å². The minimum absolute atomic E-state index is 0.0868. The van der Waals surface area contributed by atoms with E-state index in [0.29, 0.717) is 11.3 Å². The zero-order valence-electron chi connectivity index (χ0n) is 22.8. The molecular weight excluding hydrogens is 536 g/mol. The molecule has 5 N–H and O–H groups in total. The minimum atomic E-state index is -0.264. The SMILES string of the molecule is Cn1cncc1C(N)C1=CC2=CC=CNC2Cc2ccc(Cl)cc21.N#Cc1ccc(NC(=O)N2CCNCC2)cc1. The van der Waals surface area contributed by atoms with Gasteiger partial charge in [-0.25, -0.2) is 9.78 Å². The molecule has 6 rings (SSSR count). The number of aromatic nitrogens is 2. The third kappa shape index (κ3) is 6.69. The average molecular weight is 569 g/mol. The molecule has 2 aliphatic heterocycles. The maximum atomic E-state index is 11.8. The third-order valence-electron chi connectivity index (χ3n) is 7.39. The molecule has 1 aromatic heterocycles. The van der Waals surface area contributed by atoms with Crippen LogP contribution >= 0.6 is 11.6 Å². The van der Waals surface area contributed by atoms with Crippen molar-refractivity contribution in [1.29, 1.82) is 5.26 Å². The first kappa shape index (κ1) is 28.2. The lowest BCUT2D eigenvalue weighted by molar-refractivity contribution is 0.204. The molecule has 2 aromatic carbocycles. The van der Waals surface area contributed by atoms with Gasteiger partial charge in [0.15, 0.2) is 0 Å². The van der Waals surface area contributed by atoms with Crippen molar-refractivity contribution in [2.75, 3.05) is 31.5 Å². The molecule has 9 nitrogen and oxygen atoms in total. The maximum Gasteiger partial charge on any atom is 0.321 e. The van der Waals surface area contributed by atoms with Gasteiger partial charge in [0.05, 0.1) is 41.9 Å². The number of carbonyl (C=O) groups is 1. The molecule has 0 bridgehead atoms. The second kappa shape index (κ2) is 12.9. The summed E-state index contributed by atoms with van der Waals surface area (Å²) in [5.41, 5.74) is 13.6. The molecule has 1 saturated heterocycles. The number of nitriles is 1. The number of allylic oxidation sites excluding steroid dienone is 2. The van der Waals surface area contributed by atoms with Crippen LogP contribution in [-0.2, 0) is 13.5 Å². The number of hydrogen-bond acceptors (Lipinski definition) is 6. The van der Waals surface area contributed by atoms with Crippen molar-refractivity contribution < 1.29 is 4.79 Å². The number of rotatable bonds is 3. The van der Waals surface area contributed by atoms with Crippen LogP contribution in [-0.4, -0.2) is 52.7 Å². The van der Waals surface area contributed by atoms with Crippen molar-refractivity contribution in [2.45, 2.75) is 18.5 Å². The quantitative estimate of drug-likeness (QED) is 0.377. The number of imidazole rings is 1. The number of urea groups is 1. The van der Waals surface area contributed by atoms with E-state index in [1.165, 1.54) is 11.1 Å². The molecule has 210 valence electrons. The highest BCUT2D eigenvalue weighted by Gasteiger charge is 2.26. The average Bonchev–Trinajstić information content (AvgIpc) is 3.36. The molecule has 1 aliphatic carbocycles. The van der Waals surface area contributed by atoms with Crippen LogP contribution in [0.15, 0.2) is 85.0 Å². The first-order valence-electron chi connectivity index (χ1n) is 13.5. The van der Waals surface area contributed by atoms with Crippen LogP contribution < -0.4 is 21.7 Å². The third-order valence-corrected chi connectivity index (χ3v) is 7.63. The maximum absolute atomic E-state index is 11.8. The summed E-state index contributed by atoms with van der Waals surface area (Å²) in [7, 11) is 1.96. The Morgan fingerprint density at radius 1 is 1.22 bits per heavy atom. The summed E-state index contributed by atoms with van der Waals surface area (Å²) in [4.78, 5) is 17.8. The Balaban J connectivity index is 0.000000175. The van der Waals surface area contributed by atoms with Gasteiger partial charge in [-0.1, -0.05) is 29.8 Å². The molecule has 3 aliphatic rings. The number of anilines is 1. The molecule has 2 amide bonds. The van der Waals surface area contributed by atoms with Gasteiger partial charge in [0.2, 0.25) is 0 Å². The summed E-state index contributed by atoms with van der Waals surface area (Å²) in [6.07, 6.45) is 12.9. The molecule has 10 heteroatoms.